The number of rotatable bonds is 4. The second-order valence-corrected chi connectivity index (χ2v) is 6.96. The van der Waals surface area contributed by atoms with Crippen molar-refractivity contribution >= 4 is 17.2 Å². The molecule has 4 nitrogen and oxygen atoms in total. The van der Waals surface area contributed by atoms with Gasteiger partial charge in [0.05, 0.1) is 6.61 Å². The lowest BCUT2D eigenvalue weighted by Gasteiger charge is -2.25. The van der Waals surface area contributed by atoms with E-state index in [9.17, 15) is 4.79 Å². The normalized spacial score (nSPS) is 15.9. The lowest BCUT2D eigenvalue weighted by atomic mass is 9.97. The molecule has 2 heterocycles. The highest BCUT2D eigenvalue weighted by Crippen LogP contribution is 2.27. The van der Waals surface area contributed by atoms with Gasteiger partial charge in [-0.25, -0.2) is 4.98 Å². The number of nitrogens with zero attached hydrogens (tertiary/aromatic N) is 1. The minimum atomic E-state index is -0.128. The molecular weight excluding hydrogens is 332 g/mol. The van der Waals surface area contributed by atoms with Gasteiger partial charge in [-0.3, -0.25) is 4.79 Å². The predicted octanol–water partition coefficient (Wildman–Crippen LogP) is 3.79. The maximum absolute atomic E-state index is 12.4. The summed E-state index contributed by atoms with van der Waals surface area (Å²) in [5.41, 5.74) is 2.71. The average molecular weight is 350 g/mol. The molecule has 1 aliphatic heterocycles. The molecule has 1 unspecified atom stereocenters. The molecule has 0 fully saturated rings. The Hall–Kier alpha value is -2.66. The summed E-state index contributed by atoms with van der Waals surface area (Å²) in [4.78, 5) is 16.8. The highest BCUT2D eigenvalue weighted by atomic mass is 32.1. The molecule has 0 aliphatic carbocycles. The monoisotopic (exact) mass is 350 g/mol. The van der Waals surface area contributed by atoms with E-state index in [-0.39, 0.29) is 11.8 Å². The predicted molar refractivity (Wildman–Crippen MR) is 99.0 cm³/mol. The summed E-state index contributed by atoms with van der Waals surface area (Å²) >= 11 is 1.49. The first-order valence-corrected chi connectivity index (χ1v) is 9.17. The van der Waals surface area contributed by atoms with Crippen LogP contribution in [0.3, 0.4) is 0 Å². The molecule has 1 N–H and O–H groups in total. The zero-order chi connectivity index (χ0) is 17.1. The molecule has 1 aromatic heterocycles. The van der Waals surface area contributed by atoms with E-state index in [2.05, 4.69) is 16.4 Å². The summed E-state index contributed by atoms with van der Waals surface area (Å²) in [6.45, 7) is 1.22. The molecule has 3 aromatic rings. The van der Waals surface area contributed by atoms with Gasteiger partial charge in [-0.15, -0.1) is 11.3 Å². The summed E-state index contributed by atoms with van der Waals surface area (Å²) in [5, 5.41) is 5.66. The molecule has 5 heteroatoms. The van der Waals surface area contributed by atoms with Gasteiger partial charge in [-0.05, 0) is 18.1 Å². The van der Waals surface area contributed by atoms with E-state index in [0.717, 1.165) is 22.7 Å². The smallest absolute Gasteiger partial charge is 0.270 e. The minimum absolute atomic E-state index is 0.128. The van der Waals surface area contributed by atoms with Crippen LogP contribution < -0.4 is 10.1 Å². The van der Waals surface area contributed by atoms with Gasteiger partial charge >= 0.3 is 0 Å². The van der Waals surface area contributed by atoms with Crippen LogP contribution in [-0.2, 0) is 6.42 Å². The van der Waals surface area contributed by atoms with Gasteiger partial charge in [-0.2, -0.15) is 0 Å². The number of carbonyl (C=O) groups is 1. The number of hydrogen-bond donors (Lipinski definition) is 1. The molecule has 0 saturated carbocycles. The molecule has 2 aromatic carbocycles. The molecule has 0 saturated heterocycles. The Bertz CT molecular complexity index is 876. The zero-order valence-electron chi connectivity index (χ0n) is 13.6. The number of aromatic nitrogens is 1. The van der Waals surface area contributed by atoms with Gasteiger partial charge in [0, 0.05) is 23.4 Å². The Labute approximate surface area is 150 Å². The van der Waals surface area contributed by atoms with Crippen molar-refractivity contribution in [2.75, 3.05) is 13.2 Å². The standard InChI is InChI=1S/C20H18N2O2S/c23-19(17-13-25-20(22-17)15-6-2-1-3-7-15)21-11-14-10-16-8-4-5-9-18(16)24-12-14/h1-9,13-14H,10-12H2,(H,21,23). The van der Waals surface area contributed by atoms with E-state index in [1.165, 1.54) is 16.9 Å². The largest absolute Gasteiger partial charge is 0.493 e. The van der Waals surface area contributed by atoms with Crippen molar-refractivity contribution in [1.82, 2.24) is 10.3 Å². The van der Waals surface area contributed by atoms with Crippen LogP contribution in [0, 0.1) is 5.92 Å². The molecule has 1 amide bonds. The summed E-state index contributed by atoms with van der Waals surface area (Å²) in [6, 6.07) is 18.0. The lowest BCUT2D eigenvalue weighted by Crippen LogP contribution is -2.34. The average Bonchev–Trinajstić information content (AvgIpc) is 3.17. The second kappa shape index (κ2) is 7.07. The lowest BCUT2D eigenvalue weighted by molar-refractivity contribution is 0.0935. The van der Waals surface area contributed by atoms with Crippen LogP contribution in [0.15, 0.2) is 60.0 Å². The maximum atomic E-state index is 12.4. The fourth-order valence-electron chi connectivity index (χ4n) is 2.94. The molecule has 25 heavy (non-hydrogen) atoms. The first kappa shape index (κ1) is 15.8. The number of ether oxygens (including phenoxy) is 1. The number of fused-ring (bicyclic) bond motifs is 1. The van der Waals surface area contributed by atoms with Crippen LogP contribution in [0.2, 0.25) is 0 Å². The molecule has 126 valence electrons. The van der Waals surface area contributed by atoms with Crippen LogP contribution in [0.25, 0.3) is 10.6 Å². The Kier molecular flexibility index (Phi) is 4.48. The van der Waals surface area contributed by atoms with Gasteiger partial charge in [0.2, 0.25) is 0 Å². The molecular formula is C20H18N2O2S. The van der Waals surface area contributed by atoms with Crippen molar-refractivity contribution in [3.05, 3.63) is 71.2 Å². The number of nitrogens with one attached hydrogen (secondary N) is 1. The topological polar surface area (TPSA) is 51.2 Å². The van der Waals surface area contributed by atoms with Crippen LogP contribution in [-0.4, -0.2) is 24.0 Å². The van der Waals surface area contributed by atoms with E-state index in [0.29, 0.717) is 18.8 Å². The molecule has 1 atom stereocenters. The van der Waals surface area contributed by atoms with Crippen LogP contribution >= 0.6 is 11.3 Å². The number of thiazole rings is 1. The quantitative estimate of drug-likeness (QED) is 0.779. The first-order chi connectivity index (χ1) is 12.3. The van der Waals surface area contributed by atoms with Gasteiger partial charge in [0.1, 0.15) is 16.5 Å². The fourth-order valence-corrected chi connectivity index (χ4v) is 3.75. The summed E-state index contributed by atoms with van der Waals surface area (Å²) < 4.78 is 5.77. The Balaban J connectivity index is 1.36. The van der Waals surface area contributed by atoms with Gasteiger partial charge in [0.25, 0.3) is 5.91 Å². The van der Waals surface area contributed by atoms with Crippen LogP contribution in [0.1, 0.15) is 16.1 Å². The zero-order valence-corrected chi connectivity index (χ0v) is 14.5. The number of hydrogen-bond acceptors (Lipinski definition) is 4. The van der Waals surface area contributed by atoms with Crippen LogP contribution in [0.4, 0.5) is 0 Å². The molecule has 1 aliphatic rings. The molecule has 0 radical (unpaired) electrons. The highest BCUT2D eigenvalue weighted by Gasteiger charge is 2.21. The van der Waals surface area contributed by atoms with E-state index in [1.807, 2.05) is 53.9 Å². The molecule has 0 spiro atoms. The third kappa shape index (κ3) is 3.56. The minimum Gasteiger partial charge on any atom is -0.493 e. The Morgan fingerprint density at radius 1 is 1.16 bits per heavy atom. The van der Waals surface area contributed by atoms with E-state index in [1.54, 1.807) is 0 Å². The molecule has 4 rings (SSSR count). The summed E-state index contributed by atoms with van der Waals surface area (Å²) in [5.74, 6) is 1.11. The van der Waals surface area contributed by atoms with Crippen molar-refractivity contribution < 1.29 is 9.53 Å². The highest BCUT2D eigenvalue weighted by molar-refractivity contribution is 7.13. The third-order valence-electron chi connectivity index (χ3n) is 4.26. The van der Waals surface area contributed by atoms with Crippen LogP contribution in [0.5, 0.6) is 5.75 Å². The van der Waals surface area contributed by atoms with Crippen molar-refractivity contribution in [3.63, 3.8) is 0 Å². The van der Waals surface area contributed by atoms with Crippen molar-refractivity contribution in [3.8, 4) is 16.3 Å². The number of amides is 1. The van der Waals surface area contributed by atoms with Gasteiger partial charge in [-0.1, -0.05) is 48.5 Å². The van der Waals surface area contributed by atoms with Crippen molar-refractivity contribution in [1.29, 1.82) is 0 Å². The maximum Gasteiger partial charge on any atom is 0.270 e. The van der Waals surface area contributed by atoms with E-state index < -0.39 is 0 Å². The Morgan fingerprint density at radius 3 is 2.84 bits per heavy atom. The number of benzene rings is 2. The second-order valence-electron chi connectivity index (χ2n) is 6.10. The number of carbonyl (C=O) groups excluding carboxylic acids is 1. The van der Waals surface area contributed by atoms with Gasteiger partial charge < -0.3 is 10.1 Å². The van der Waals surface area contributed by atoms with Gasteiger partial charge in [0.15, 0.2) is 0 Å². The molecule has 0 bridgehead atoms. The van der Waals surface area contributed by atoms with Crippen molar-refractivity contribution in [2.45, 2.75) is 6.42 Å². The third-order valence-corrected chi connectivity index (χ3v) is 5.16. The number of para-hydroxylation sites is 1. The summed E-state index contributed by atoms with van der Waals surface area (Å²) in [7, 11) is 0. The summed E-state index contributed by atoms with van der Waals surface area (Å²) in [6.07, 6.45) is 0.919. The fraction of sp³-hybridized carbons (Fsp3) is 0.200. The SMILES string of the molecule is O=C(NCC1COc2ccccc2C1)c1csc(-c2ccccc2)n1. The Morgan fingerprint density at radius 2 is 1.96 bits per heavy atom. The van der Waals surface area contributed by atoms with Crippen molar-refractivity contribution in [2.24, 2.45) is 5.92 Å². The van der Waals surface area contributed by atoms with E-state index >= 15 is 0 Å². The first-order valence-electron chi connectivity index (χ1n) is 8.29. The van der Waals surface area contributed by atoms with E-state index in [4.69, 9.17) is 4.74 Å².